The van der Waals surface area contributed by atoms with Crippen molar-refractivity contribution in [3.05, 3.63) is 18.0 Å². The summed E-state index contributed by atoms with van der Waals surface area (Å²) in [7, 11) is 0. The molecule has 4 heterocycles. The minimum atomic E-state index is -2.74. The summed E-state index contributed by atoms with van der Waals surface area (Å²) >= 11 is 0. The molecule has 3 aromatic rings. The van der Waals surface area contributed by atoms with Gasteiger partial charge in [0, 0.05) is 18.5 Å². The zero-order valence-corrected chi connectivity index (χ0v) is 16.2. The second kappa shape index (κ2) is 6.35. The highest BCUT2D eigenvalue weighted by Crippen LogP contribution is 2.33. The fraction of sp³-hybridized carbons (Fsp3) is 0.588. The van der Waals surface area contributed by atoms with Gasteiger partial charge < -0.3 is 19.3 Å². The monoisotopic (exact) mass is 392 g/mol. The van der Waals surface area contributed by atoms with Crippen LogP contribution in [0.4, 0.5) is 20.5 Å². The first-order chi connectivity index (χ1) is 13.1. The average molecular weight is 392 g/mol. The van der Waals surface area contributed by atoms with Gasteiger partial charge in [0.1, 0.15) is 6.54 Å². The molecule has 1 fully saturated rings. The van der Waals surface area contributed by atoms with Crippen LogP contribution in [-0.2, 0) is 6.54 Å². The van der Waals surface area contributed by atoms with Crippen LogP contribution in [0.15, 0.2) is 10.9 Å². The number of rotatable bonds is 4. The van der Waals surface area contributed by atoms with Crippen molar-refractivity contribution in [3.63, 3.8) is 0 Å². The zero-order chi connectivity index (χ0) is 20.1. The molecule has 0 unspecified atom stereocenters. The van der Waals surface area contributed by atoms with E-state index in [1.807, 2.05) is 20.8 Å². The molecule has 0 spiro atoms. The Bertz CT molecular complexity index is 1010. The summed E-state index contributed by atoms with van der Waals surface area (Å²) in [5.41, 5.74) is 0.685. The standard InChI is InChI=1S/C17H22F2N8O/c1-10-21-11(28-25-10)7-27-9-20-12-13(26-6-5-17(18,19)8-26)22-15(23-14(12)27)24-16(2,3)4/h9H,5-8H2,1-4H3,(H,22,23,24). The molecule has 0 radical (unpaired) electrons. The van der Waals surface area contributed by atoms with Crippen molar-refractivity contribution in [1.29, 1.82) is 0 Å². The Kier molecular flexibility index (Phi) is 4.20. The first kappa shape index (κ1) is 18.5. The first-order valence-electron chi connectivity index (χ1n) is 9.03. The van der Waals surface area contributed by atoms with Crippen molar-refractivity contribution in [2.45, 2.75) is 52.1 Å². The lowest BCUT2D eigenvalue weighted by atomic mass is 10.1. The first-order valence-corrected chi connectivity index (χ1v) is 9.03. The van der Waals surface area contributed by atoms with E-state index in [1.165, 1.54) is 0 Å². The maximum atomic E-state index is 13.8. The molecule has 4 rings (SSSR count). The van der Waals surface area contributed by atoms with Gasteiger partial charge in [0.15, 0.2) is 22.8 Å². The predicted molar refractivity (Wildman–Crippen MR) is 98.6 cm³/mol. The van der Waals surface area contributed by atoms with Crippen molar-refractivity contribution >= 4 is 22.9 Å². The molecule has 1 aliphatic heterocycles. The smallest absolute Gasteiger partial charge is 0.266 e. The highest BCUT2D eigenvalue weighted by atomic mass is 19.3. The van der Waals surface area contributed by atoms with E-state index in [-0.39, 0.29) is 31.6 Å². The SMILES string of the molecule is Cc1noc(Cn2cnc3c(N4CCC(F)(F)C4)nc(NC(C)(C)C)nc32)n1. The van der Waals surface area contributed by atoms with Gasteiger partial charge in [-0.3, -0.25) is 0 Å². The summed E-state index contributed by atoms with van der Waals surface area (Å²) in [6.07, 6.45) is 1.37. The molecule has 0 aliphatic carbocycles. The average Bonchev–Trinajstić information content (AvgIpc) is 3.25. The number of hydrogen-bond acceptors (Lipinski definition) is 8. The number of alkyl halides is 2. The Morgan fingerprint density at radius 1 is 1.25 bits per heavy atom. The van der Waals surface area contributed by atoms with Gasteiger partial charge in [0.25, 0.3) is 5.92 Å². The summed E-state index contributed by atoms with van der Waals surface area (Å²) < 4.78 is 34.5. The molecule has 0 atom stereocenters. The van der Waals surface area contributed by atoms with E-state index in [0.29, 0.717) is 34.6 Å². The fourth-order valence-electron chi connectivity index (χ4n) is 3.12. The highest BCUT2D eigenvalue weighted by molar-refractivity contribution is 5.85. The Morgan fingerprint density at radius 3 is 2.64 bits per heavy atom. The molecule has 0 saturated carbocycles. The molecule has 0 bridgehead atoms. The number of fused-ring (bicyclic) bond motifs is 1. The van der Waals surface area contributed by atoms with Crippen LogP contribution in [0, 0.1) is 6.92 Å². The van der Waals surface area contributed by atoms with Gasteiger partial charge in [-0.1, -0.05) is 5.16 Å². The van der Waals surface area contributed by atoms with Gasteiger partial charge in [-0.05, 0) is 27.7 Å². The summed E-state index contributed by atoms with van der Waals surface area (Å²) in [4.78, 5) is 19.2. The van der Waals surface area contributed by atoms with Crippen LogP contribution in [0.25, 0.3) is 11.2 Å². The summed E-state index contributed by atoms with van der Waals surface area (Å²) in [5.74, 6) is -1.04. The lowest BCUT2D eigenvalue weighted by Crippen LogP contribution is -2.29. The maximum absolute atomic E-state index is 13.8. The Morgan fingerprint density at radius 2 is 2.04 bits per heavy atom. The van der Waals surface area contributed by atoms with Crippen LogP contribution in [-0.4, -0.2) is 54.2 Å². The van der Waals surface area contributed by atoms with Crippen LogP contribution in [0.2, 0.25) is 0 Å². The van der Waals surface area contributed by atoms with E-state index in [9.17, 15) is 8.78 Å². The number of imidazole rings is 1. The third-order valence-corrected chi connectivity index (χ3v) is 4.28. The van der Waals surface area contributed by atoms with Crippen molar-refractivity contribution in [1.82, 2.24) is 29.7 Å². The summed E-state index contributed by atoms with van der Waals surface area (Å²) in [6, 6.07) is 0. The van der Waals surface area contributed by atoms with Gasteiger partial charge in [-0.25, -0.2) is 13.8 Å². The molecular weight excluding hydrogens is 370 g/mol. The van der Waals surface area contributed by atoms with Crippen LogP contribution >= 0.6 is 0 Å². The topological polar surface area (TPSA) is 97.8 Å². The highest BCUT2D eigenvalue weighted by Gasteiger charge is 2.40. The third kappa shape index (κ3) is 3.73. The lowest BCUT2D eigenvalue weighted by Gasteiger charge is -2.23. The van der Waals surface area contributed by atoms with E-state index in [2.05, 4.69) is 30.4 Å². The second-order valence-electron chi connectivity index (χ2n) is 8.05. The Labute approximate surface area is 160 Å². The predicted octanol–water partition coefficient (Wildman–Crippen LogP) is 2.62. The molecule has 150 valence electrons. The van der Waals surface area contributed by atoms with Crippen molar-refractivity contribution in [2.24, 2.45) is 0 Å². The van der Waals surface area contributed by atoms with E-state index < -0.39 is 5.92 Å². The molecule has 28 heavy (non-hydrogen) atoms. The number of aryl methyl sites for hydroxylation is 1. The number of anilines is 2. The van der Waals surface area contributed by atoms with Gasteiger partial charge >= 0.3 is 0 Å². The largest absolute Gasteiger partial charge is 0.350 e. The van der Waals surface area contributed by atoms with Gasteiger partial charge in [-0.15, -0.1) is 0 Å². The summed E-state index contributed by atoms with van der Waals surface area (Å²) in [6.45, 7) is 7.76. The second-order valence-corrected chi connectivity index (χ2v) is 8.05. The number of hydrogen-bond donors (Lipinski definition) is 1. The van der Waals surface area contributed by atoms with Crippen molar-refractivity contribution < 1.29 is 13.3 Å². The normalized spacial score (nSPS) is 16.9. The molecule has 1 N–H and O–H groups in total. The van der Waals surface area contributed by atoms with Crippen LogP contribution in [0.3, 0.4) is 0 Å². The summed E-state index contributed by atoms with van der Waals surface area (Å²) in [5, 5.41) is 7.00. The van der Waals surface area contributed by atoms with Crippen LogP contribution < -0.4 is 10.2 Å². The number of nitrogens with zero attached hydrogens (tertiary/aromatic N) is 7. The van der Waals surface area contributed by atoms with E-state index >= 15 is 0 Å². The van der Waals surface area contributed by atoms with Crippen LogP contribution in [0.1, 0.15) is 38.9 Å². The number of halogens is 2. The molecule has 0 amide bonds. The molecular formula is C17H22F2N8O. The molecule has 1 saturated heterocycles. The molecule has 0 aromatic carbocycles. The van der Waals surface area contributed by atoms with Gasteiger partial charge in [0.05, 0.1) is 12.9 Å². The number of aromatic nitrogens is 6. The zero-order valence-electron chi connectivity index (χ0n) is 16.2. The van der Waals surface area contributed by atoms with Gasteiger partial charge in [-0.2, -0.15) is 15.0 Å². The van der Waals surface area contributed by atoms with E-state index in [4.69, 9.17) is 4.52 Å². The van der Waals surface area contributed by atoms with E-state index in [1.54, 1.807) is 22.7 Å². The fourth-order valence-corrected chi connectivity index (χ4v) is 3.12. The molecule has 1 aliphatic rings. The van der Waals surface area contributed by atoms with E-state index in [0.717, 1.165) is 0 Å². The third-order valence-electron chi connectivity index (χ3n) is 4.28. The lowest BCUT2D eigenvalue weighted by molar-refractivity contribution is 0.0257. The molecule has 3 aromatic heterocycles. The van der Waals surface area contributed by atoms with Gasteiger partial charge in [0.2, 0.25) is 11.8 Å². The minimum Gasteiger partial charge on any atom is -0.350 e. The molecule has 9 nitrogen and oxygen atoms in total. The maximum Gasteiger partial charge on any atom is 0.266 e. The number of nitrogens with one attached hydrogen (secondary N) is 1. The van der Waals surface area contributed by atoms with Crippen molar-refractivity contribution in [3.8, 4) is 0 Å². The Balaban J connectivity index is 1.78. The van der Waals surface area contributed by atoms with Crippen molar-refractivity contribution in [2.75, 3.05) is 23.3 Å². The molecule has 11 heteroatoms. The van der Waals surface area contributed by atoms with Crippen LogP contribution in [0.5, 0.6) is 0 Å². The minimum absolute atomic E-state index is 0.206. The quantitative estimate of drug-likeness (QED) is 0.724. The Hall–Kier alpha value is -2.85.